The maximum Gasteiger partial charge on any atom is 0.341 e. The standard InChI is InChI=1S/C18H18O7/c1-21-15-7-5-11(9-13(15)17(19)23-3)25-12-6-8-16(22-2)14(10-12)18(20)24-4/h5-10H,1-4H3. The summed E-state index contributed by atoms with van der Waals surface area (Å²) in [5.41, 5.74) is 0.452. The number of hydrogen-bond acceptors (Lipinski definition) is 7. The predicted molar refractivity (Wildman–Crippen MR) is 88.7 cm³/mol. The van der Waals surface area contributed by atoms with E-state index >= 15 is 0 Å². The van der Waals surface area contributed by atoms with Crippen LogP contribution in [0.25, 0.3) is 0 Å². The average Bonchev–Trinajstić information content (AvgIpc) is 2.66. The van der Waals surface area contributed by atoms with Crippen LogP contribution in [0.3, 0.4) is 0 Å². The van der Waals surface area contributed by atoms with Crippen LogP contribution in [-0.2, 0) is 9.47 Å². The summed E-state index contributed by atoms with van der Waals surface area (Å²) in [7, 11) is 5.46. The Morgan fingerprint density at radius 2 is 1.08 bits per heavy atom. The van der Waals surface area contributed by atoms with E-state index in [0.717, 1.165) is 0 Å². The van der Waals surface area contributed by atoms with Gasteiger partial charge in [0, 0.05) is 0 Å². The SMILES string of the molecule is COC(=O)c1cc(Oc2ccc(OC)c(C(=O)OC)c2)ccc1OC. The first-order chi connectivity index (χ1) is 12.0. The largest absolute Gasteiger partial charge is 0.496 e. The molecule has 0 unspecified atom stereocenters. The lowest BCUT2D eigenvalue weighted by Gasteiger charge is -2.12. The Bertz CT molecular complexity index is 717. The Morgan fingerprint density at radius 1 is 0.680 bits per heavy atom. The molecule has 0 bridgehead atoms. The molecule has 132 valence electrons. The molecule has 7 heteroatoms. The molecule has 0 saturated heterocycles. The highest BCUT2D eigenvalue weighted by Crippen LogP contribution is 2.31. The van der Waals surface area contributed by atoms with E-state index < -0.39 is 11.9 Å². The van der Waals surface area contributed by atoms with Crippen molar-refractivity contribution in [3.05, 3.63) is 47.5 Å². The Hall–Kier alpha value is -3.22. The zero-order valence-corrected chi connectivity index (χ0v) is 14.3. The summed E-state index contributed by atoms with van der Waals surface area (Å²) in [6, 6.07) is 9.43. The van der Waals surface area contributed by atoms with Crippen LogP contribution in [0.2, 0.25) is 0 Å². The third-order valence-electron chi connectivity index (χ3n) is 3.39. The molecule has 0 N–H and O–H groups in total. The lowest BCUT2D eigenvalue weighted by molar-refractivity contribution is 0.0588. The molecule has 0 heterocycles. The number of rotatable bonds is 6. The highest BCUT2D eigenvalue weighted by molar-refractivity contribution is 5.93. The van der Waals surface area contributed by atoms with Crippen molar-refractivity contribution in [3.63, 3.8) is 0 Å². The maximum atomic E-state index is 11.8. The summed E-state index contributed by atoms with van der Waals surface area (Å²) in [6.07, 6.45) is 0. The van der Waals surface area contributed by atoms with Crippen LogP contribution in [0.4, 0.5) is 0 Å². The van der Waals surface area contributed by atoms with Crippen LogP contribution >= 0.6 is 0 Å². The van der Waals surface area contributed by atoms with Gasteiger partial charge in [-0.15, -0.1) is 0 Å². The molecule has 0 aromatic heterocycles. The molecule has 0 amide bonds. The number of methoxy groups -OCH3 is 4. The van der Waals surface area contributed by atoms with E-state index in [1.807, 2.05) is 0 Å². The van der Waals surface area contributed by atoms with Crippen LogP contribution < -0.4 is 14.2 Å². The monoisotopic (exact) mass is 346 g/mol. The van der Waals surface area contributed by atoms with E-state index in [9.17, 15) is 9.59 Å². The molecule has 0 atom stereocenters. The van der Waals surface area contributed by atoms with Gasteiger partial charge in [0.15, 0.2) is 0 Å². The van der Waals surface area contributed by atoms with Crippen LogP contribution in [0.15, 0.2) is 36.4 Å². The third-order valence-corrected chi connectivity index (χ3v) is 3.39. The van der Waals surface area contributed by atoms with E-state index in [0.29, 0.717) is 23.0 Å². The fourth-order valence-electron chi connectivity index (χ4n) is 2.18. The summed E-state index contributed by atoms with van der Waals surface area (Å²) < 4.78 is 25.4. The number of hydrogen-bond donors (Lipinski definition) is 0. The quantitative estimate of drug-likeness (QED) is 0.744. The molecule has 0 spiro atoms. The zero-order chi connectivity index (χ0) is 18.4. The summed E-state index contributed by atoms with van der Waals surface area (Å²) in [5, 5.41) is 0. The topological polar surface area (TPSA) is 80.3 Å². The minimum Gasteiger partial charge on any atom is -0.496 e. The van der Waals surface area contributed by atoms with Gasteiger partial charge in [-0.3, -0.25) is 0 Å². The number of benzene rings is 2. The Kier molecular flexibility index (Phi) is 5.84. The number of carbonyl (C=O) groups is 2. The molecule has 0 aliphatic rings. The summed E-state index contributed by atoms with van der Waals surface area (Å²) >= 11 is 0. The van der Waals surface area contributed by atoms with Crippen molar-refractivity contribution in [1.82, 2.24) is 0 Å². The van der Waals surface area contributed by atoms with Crippen LogP contribution in [0.1, 0.15) is 20.7 Å². The van der Waals surface area contributed by atoms with Gasteiger partial charge in [-0.1, -0.05) is 0 Å². The van der Waals surface area contributed by atoms with Crippen LogP contribution in [0, 0.1) is 0 Å². The second kappa shape index (κ2) is 8.05. The summed E-state index contributed by atoms with van der Waals surface area (Å²) in [6.45, 7) is 0. The maximum absolute atomic E-state index is 11.8. The molecule has 2 aromatic rings. The molecule has 7 nitrogen and oxygen atoms in total. The summed E-state index contributed by atoms with van der Waals surface area (Å²) in [5.74, 6) is 0.386. The Balaban J connectivity index is 2.36. The molecule has 0 aliphatic heterocycles. The van der Waals surface area contributed by atoms with Crippen LogP contribution in [0.5, 0.6) is 23.0 Å². The van der Waals surface area contributed by atoms with Crippen molar-refractivity contribution in [2.75, 3.05) is 28.4 Å². The first kappa shape index (κ1) is 18.1. The summed E-state index contributed by atoms with van der Waals surface area (Å²) in [4.78, 5) is 23.7. The van der Waals surface area contributed by atoms with Crippen molar-refractivity contribution < 1.29 is 33.3 Å². The van der Waals surface area contributed by atoms with Gasteiger partial charge in [-0.25, -0.2) is 9.59 Å². The minimum atomic E-state index is -0.549. The van der Waals surface area contributed by atoms with Crippen molar-refractivity contribution >= 4 is 11.9 Å². The van der Waals surface area contributed by atoms with E-state index in [1.165, 1.54) is 40.6 Å². The normalized spacial score (nSPS) is 9.92. The number of ether oxygens (including phenoxy) is 5. The van der Waals surface area contributed by atoms with E-state index in [4.69, 9.17) is 23.7 Å². The van der Waals surface area contributed by atoms with E-state index in [-0.39, 0.29) is 11.1 Å². The average molecular weight is 346 g/mol. The van der Waals surface area contributed by atoms with E-state index in [2.05, 4.69) is 0 Å². The van der Waals surface area contributed by atoms with Gasteiger partial charge >= 0.3 is 11.9 Å². The number of esters is 2. The highest BCUT2D eigenvalue weighted by Gasteiger charge is 2.16. The molecule has 0 aliphatic carbocycles. The van der Waals surface area contributed by atoms with Gasteiger partial charge < -0.3 is 23.7 Å². The molecule has 2 rings (SSSR count). The fourth-order valence-corrected chi connectivity index (χ4v) is 2.18. The zero-order valence-electron chi connectivity index (χ0n) is 14.3. The molecule has 0 fully saturated rings. The Labute approximate surface area is 145 Å². The lowest BCUT2D eigenvalue weighted by Crippen LogP contribution is -2.05. The fraction of sp³-hybridized carbons (Fsp3) is 0.222. The van der Waals surface area contributed by atoms with Gasteiger partial charge in [0.25, 0.3) is 0 Å². The molecule has 2 aromatic carbocycles. The van der Waals surface area contributed by atoms with Crippen molar-refractivity contribution in [2.24, 2.45) is 0 Å². The first-order valence-electron chi connectivity index (χ1n) is 7.24. The third kappa shape index (κ3) is 4.00. The Morgan fingerprint density at radius 3 is 1.40 bits per heavy atom. The number of carbonyl (C=O) groups excluding carboxylic acids is 2. The molecular weight excluding hydrogens is 328 g/mol. The van der Waals surface area contributed by atoms with E-state index in [1.54, 1.807) is 24.3 Å². The predicted octanol–water partition coefficient (Wildman–Crippen LogP) is 3.07. The van der Waals surface area contributed by atoms with Gasteiger partial charge in [-0.2, -0.15) is 0 Å². The molecule has 25 heavy (non-hydrogen) atoms. The van der Waals surface area contributed by atoms with Crippen molar-refractivity contribution in [1.29, 1.82) is 0 Å². The van der Waals surface area contributed by atoms with Gasteiger partial charge in [-0.05, 0) is 36.4 Å². The lowest BCUT2D eigenvalue weighted by atomic mass is 10.1. The smallest absolute Gasteiger partial charge is 0.341 e. The second-order valence-corrected chi connectivity index (χ2v) is 4.81. The van der Waals surface area contributed by atoms with Gasteiger partial charge in [0.05, 0.1) is 28.4 Å². The first-order valence-corrected chi connectivity index (χ1v) is 7.24. The molecular formula is C18H18O7. The van der Waals surface area contributed by atoms with Gasteiger partial charge in [0.1, 0.15) is 34.1 Å². The van der Waals surface area contributed by atoms with Gasteiger partial charge in [0.2, 0.25) is 0 Å². The minimum absolute atomic E-state index is 0.226. The van der Waals surface area contributed by atoms with Crippen molar-refractivity contribution in [2.45, 2.75) is 0 Å². The second-order valence-electron chi connectivity index (χ2n) is 4.81. The molecule has 0 radical (unpaired) electrons. The molecule has 0 saturated carbocycles. The van der Waals surface area contributed by atoms with Crippen molar-refractivity contribution in [3.8, 4) is 23.0 Å². The van der Waals surface area contributed by atoms with Crippen LogP contribution in [-0.4, -0.2) is 40.4 Å². The highest BCUT2D eigenvalue weighted by atomic mass is 16.5.